The van der Waals surface area contributed by atoms with Crippen LogP contribution >= 0.6 is 0 Å². The van der Waals surface area contributed by atoms with Gasteiger partial charge in [-0.15, -0.1) is 0 Å². The van der Waals surface area contributed by atoms with Crippen molar-refractivity contribution >= 4 is 16.9 Å². The van der Waals surface area contributed by atoms with E-state index >= 15 is 0 Å². The molecule has 0 bridgehead atoms. The Morgan fingerprint density at radius 1 is 1.52 bits per heavy atom. The maximum absolute atomic E-state index is 11.5. The second-order valence-corrected chi connectivity index (χ2v) is 5.70. The summed E-state index contributed by atoms with van der Waals surface area (Å²) in [6, 6.07) is 7.91. The van der Waals surface area contributed by atoms with Crippen LogP contribution in [-0.4, -0.2) is 53.3 Å². The number of nitrogens with zero attached hydrogens (tertiary/aromatic N) is 1. The van der Waals surface area contributed by atoms with Gasteiger partial charge in [0.25, 0.3) is 0 Å². The molecule has 0 spiro atoms. The molecular weight excluding hydrogens is 268 g/mol. The van der Waals surface area contributed by atoms with Gasteiger partial charge in [0.15, 0.2) is 6.10 Å². The van der Waals surface area contributed by atoms with E-state index in [2.05, 4.69) is 9.88 Å². The molecule has 2 heterocycles. The van der Waals surface area contributed by atoms with Gasteiger partial charge >= 0.3 is 5.97 Å². The minimum atomic E-state index is -0.894. The maximum Gasteiger partial charge on any atom is 0.333 e. The number of carbonyl (C=O) groups is 1. The topological polar surface area (TPSA) is 65.6 Å². The molecule has 112 valence electrons. The number of fused-ring (bicyclic) bond motifs is 1. The summed E-state index contributed by atoms with van der Waals surface area (Å²) in [6.45, 7) is 1.77. The van der Waals surface area contributed by atoms with Crippen molar-refractivity contribution in [3.8, 4) is 0 Å². The van der Waals surface area contributed by atoms with Crippen LogP contribution < -0.4 is 0 Å². The predicted octanol–water partition coefficient (Wildman–Crippen LogP) is 1.88. The largest absolute Gasteiger partial charge is 0.479 e. The van der Waals surface area contributed by atoms with Crippen LogP contribution in [0.25, 0.3) is 10.9 Å². The summed E-state index contributed by atoms with van der Waals surface area (Å²) in [6.07, 6.45) is 2.39. The lowest BCUT2D eigenvalue weighted by Crippen LogP contribution is -2.32. The zero-order chi connectivity index (χ0) is 14.8. The molecule has 1 aliphatic rings. The van der Waals surface area contributed by atoms with Crippen molar-refractivity contribution in [3.05, 3.63) is 36.0 Å². The van der Waals surface area contributed by atoms with Crippen LogP contribution in [0, 0.1) is 0 Å². The van der Waals surface area contributed by atoms with Crippen molar-refractivity contribution in [2.45, 2.75) is 25.0 Å². The van der Waals surface area contributed by atoms with E-state index in [1.807, 2.05) is 37.5 Å². The van der Waals surface area contributed by atoms with Crippen LogP contribution in [0.2, 0.25) is 0 Å². The SMILES string of the molecule is CN1CCC(O[C@@H](Cc2c[nH]c3ccccc23)C(=O)O)C1. The number of nitrogens with one attached hydrogen (secondary N) is 1. The Morgan fingerprint density at radius 3 is 3.05 bits per heavy atom. The highest BCUT2D eigenvalue weighted by atomic mass is 16.5. The molecule has 0 radical (unpaired) electrons. The molecule has 21 heavy (non-hydrogen) atoms. The Bertz CT molecular complexity index is 637. The molecule has 5 nitrogen and oxygen atoms in total. The van der Waals surface area contributed by atoms with Gasteiger partial charge in [-0.2, -0.15) is 0 Å². The van der Waals surface area contributed by atoms with Gasteiger partial charge in [-0.05, 0) is 25.1 Å². The third kappa shape index (κ3) is 3.09. The molecule has 3 rings (SSSR count). The Morgan fingerprint density at radius 2 is 2.33 bits per heavy atom. The standard InChI is InChI=1S/C16H20N2O3/c1-18-7-6-12(10-18)21-15(16(19)20)8-11-9-17-14-5-3-2-4-13(11)14/h2-5,9,12,15,17H,6-8,10H2,1H3,(H,19,20)/t12?,15-/m0/s1. The summed E-state index contributed by atoms with van der Waals surface area (Å²) < 4.78 is 5.81. The molecule has 0 amide bonds. The van der Waals surface area contributed by atoms with E-state index < -0.39 is 12.1 Å². The van der Waals surface area contributed by atoms with E-state index in [1.165, 1.54) is 0 Å². The third-order valence-electron chi connectivity index (χ3n) is 4.06. The first-order valence-corrected chi connectivity index (χ1v) is 7.25. The number of likely N-dealkylation sites (N-methyl/N-ethyl adjacent to an activating group) is 1. The average molecular weight is 288 g/mol. The van der Waals surface area contributed by atoms with Crippen molar-refractivity contribution in [3.63, 3.8) is 0 Å². The number of likely N-dealkylation sites (tertiary alicyclic amines) is 1. The zero-order valence-electron chi connectivity index (χ0n) is 12.1. The number of aliphatic carboxylic acids is 1. The Kier molecular flexibility index (Phi) is 3.94. The molecule has 2 N–H and O–H groups in total. The number of carboxylic acid groups (broad SMARTS) is 1. The van der Waals surface area contributed by atoms with Crippen LogP contribution in [0.5, 0.6) is 0 Å². The average Bonchev–Trinajstić information content (AvgIpc) is 3.05. The second-order valence-electron chi connectivity index (χ2n) is 5.70. The fraction of sp³-hybridized carbons (Fsp3) is 0.438. The van der Waals surface area contributed by atoms with E-state index in [9.17, 15) is 9.90 Å². The molecule has 1 aliphatic heterocycles. The molecule has 5 heteroatoms. The number of ether oxygens (including phenoxy) is 1. The Labute approximate surface area is 123 Å². The molecule has 2 atom stereocenters. The predicted molar refractivity (Wildman–Crippen MR) is 80.4 cm³/mol. The van der Waals surface area contributed by atoms with Crippen LogP contribution in [0.15, 0.2) is 30.5 Å². The number of benzene rings is 1. The van der Waals surface area contributed by atoms with E-state index in [0.717, 1.165) is 36.0 Å². The lowest BCUT2D eigenvalue weighted by molar-refractivity contribution is -0.153. The number of aromatic nitrogens is 1. The molecule has 2 aromatic rings. The fourth-order valence-electron chi connectivity index (χ4n) is 2.93. The fourth-order valence-corrected chi connectivity index (χ4v) is 2.93. The van der Waals surface area contributed by atoms with Crippen molar-refractivity contribution < 1.29 is 14.6 Å². The smallest absolute Gasteiger partial charge is 0.333 e. The molecule has 1 aromatic heterocycles. The highest BCUT2D eigenvalue weighted by Gasteiger charge is 2.28. The van der Waals surface area contributed by atoms with Crippen molar-refractivity contribution in [1.29, 1.82) is 0 Å². The first-order valence-electron chi connectivity index (χ1n) is 7.25. The van der Waals surface area contributed by atoms with E-state index in [1.54, 1.807) is 0 Å². The monoisotopic (exact) mass is 288 g/mol. The van der Waals surface area contributed by atoms with Gasteiger partial charge in [-0.25, -0.2) is 4.79 Å². The van der Waals surface area contributed by atoms with E-state index in [-0.39, 0.29) is 6.10 Å². The number of aromatic amines is 1. The molecule has 1 aromatic carbocycles. The van der Waals surface area contributed by atoms with Crippen molar-refractivity contribution in [1.82, 2.24) is 9.88 Å². The van der Waals surface area contributed by atoms with Gasteiger partial charge in [-0.3, -0.25) is 0 Å². The lowest BCUT2D eigenvalue weighted by atomic mass is 10.1. The number of para-hydroxylation sites is 1. The number of carboxylic acids is 1. The maximum atomic E-state index is 11.5. The first-order chi connectivity index (χ1) is 10.1. The molecular formula is C16H20N2O3. The Hall–Kier alpha value is -1.85. The summed E-state index contributed by atoms with van der Waals surface area (Å²) in [7, 11) is 2.03. The Balaban J connectivity index is 1.74. The summed E-state index contributed by atoms with van der Waals surface area (Å²) in [5.41, 5.74) is 2.02. The third-order valence-corrected chi connectivity index (χ3v) is 4.06. The lowest BCUT2D eigenvalue weighted by Gasteiger charge is -2.18. The van der Waals surface area contributed by atoms with Gasteiger partial charge < -0.3 is 19.7 Å². The number of hydrogen-bond donors (Lipinski definition) is 2. The summed E-state index contributed by atoms with van der Waals surface area (Å²) >= 11 is 0. The minimum absolute atomic E-state index is 0.0151. The van der Waals surface area contributed by atoms with Gasteiger partial charge in [0.2, 0.25) is 0 Å². The van der Waals surface area contributed by atoms with E-state index in [0.29, 0.717) is 6.42 Å². The number of H-pyrrole nitrogens is 1. The molecule has 1 saturated heterocycles. The number of hydrogen-bond acceptors (Lipinski definition) is 3. The van der Waals surface area contributed by atoms with Crippen LogP contribution in [0.4, 0.5) is 0 Å². The zero-order valence-corrected chi connectivity index (χ0v) is 12.1. The van der Waals surface area contributed by atoms with Gasteiger partial charge in [0.05, 0.1) is 6.10 Å². The highest BCUT2D eigenvalue weighted by molar-refractivity contribution is 5.84. The normalized spacial score (nSPS) is 20.9. The van der Waals surface area contributed by atoms with E-state index in [4.69, 9.17) is 4.74 Å². The van der Waals surface area contributed by atoms with Crippen LogP contribution in [0.1, 0.15) is 12.0 Å². The first kappa shape index (κ1) is 14.1. The highest BCUT2D eigenvalue weighted by Crippen LogP contribution is 2.21. The molecule has 0 saturated carbocycles. The second kappa shape index (κ2) is 5.87. The quantitative estimate of drug-likeness (QED) is 0.881. The molecule has 1 fully saturated rings. The number of rotatable bonds is 5. The van der Waals surface area contributed by atoms with Gasteiger partial charge in [0.1, 0.15) is 0 Å². The van der Waals surface area contributed by atoms with Gasteiger partial charge in [-0.1, -0.05) is 18.2 Å². The molecule has 0 aliphatic carbocycles. The summed E-state index contributed by atoms with van der Waals surface area (Å²) in [5, 5.41) is 10.5. The van der Waals surface area contributed by atoms with Crippen LogP contribution in [-0.2, 0) is 16.0 Å². The van der Waals surface area contributed by atoms with Crippen molar-refractivity contribution in [2.75, 3.05) is 20.1 Å². The molecule has 1 unspecified atom stereocenters. The van der Waals surface area contributed by atoms with Crippen LogP contribution in [0.3, 0.4) is 0 Å². The van der Waals surface area contributed by atoms with Gasteiger partial charge in [0, 0.05) is 36.6 Å². The summed E-state index contributed by atoms with van der Waals surface area (Å²) in [5.74, 6) is -0.894. The summed E-state index contributed by atoms with van der Waals surface area (Å²) in [4.78, 5) is 16.8. The van der Waals surface area contributed by atoms with Crippen molar-refractivity contribution in [2.24, 2.45) is 0 Å². The minimum Gasteiger partial charge on any atom is -0.479 e.